The van der Waals surface area contributed by atoms with Crippen LogP contribution in [0, 0.1) is 11.8 Å². The second kappa shape index (κ2) is 4.30. The van der Waals surface area contributed by atoms with Gasteiger partial charge in [0.1, 0.15) is 5.76 Å². The molecular formula is C10H15IO. The van der Waals surface area contributed by atoms with Gasteiger partial charge in [0, 0.05) is 0 Å². The van der Waals surface area contributed by atoms with Crippen LogP contribution in [0.5, 0.6) is 0 Å². The molecule has 0 amide bonds. The Balaban J connectivity index is 2.73. The molecule has 1 rings (SSSR count). The van der Waals surface area contributed by atoms with Crippen molar-refractivity contribution in [3.05, 3.63) is 23.5 Å². The van der Waals surface area contributed by atoms with E-state index >= 15 is 0 Å². The summed E-state index contributed by atoms with van der Waals surface area (Å²) in [5, 5.41) is 0. The zero-order chi connectivity index (χ0) is 9.14. The van der Waals surface area contributed by atoms with Crippen LogP contribution in [0.15, 0.2) is 23.5 Å². The lowest BCUT2D eigenvalue weighted by atomic mass is 9.87. The molecule has 0 saturated heterocycles. The molecule has 0 fully saturated rings. The van der Waals surface area contributed by atoms with Gasteiger partial charge in [0.2, 0.25) is 0 Å². The fourth-order valence-corrected chi connectivity index (χ4v) is 1.85. The van der Waals surface area contributed by atoms with Gasteiger partial charge in [-0.25, -0.2) is 0 Å². The van der Waals surface area contributed by atoms with E-state index in [4.69, 9.17) is 3.07 Å². The van der Waals surface area contributed by atoms with E-state index in [2.05, 4.69) is 32.9 Å². The number of allylic oxidation sites excluding steroid dienone is 3. The summed E-state index contributed by atoms with van der Waals surface area (Å²) in [6.45, 7) is 6.60. The summed E-state index contributed by atoms with van der Waals surface area (Å²) < 4.78 is 5.25. The maximum absolute atomic E-state index is 5.25. The molecule has 1 nitrogen and oxygen atoms in total. The Morgan fingerprint density at radius 3 is 2.75 bits per heavy atom. The molecule has 0 aromatic rings. The van der Waals surface area contributed by atoms with E-state index in [9.17, 15) is 0 Å². The summed E-state index contributed by atoms with van der Waals surface area (Å²) in [4.78, 5) is 0. The standard InChI is InChI=1S/C10H15IO/c1-7(2)9-5-4-8(3)10(6-9)12-11/h4,6-7,9H,5H2,1-3H3. The van der Waals surface area contributed by atoms with Gasteiger partial charge in [0.25, 0.3) is 0 Å². The zero-order valence-corrected chi connectivity index (χ0v) is 9.96. The molecule has 2 heteroatoms. The average molecular weight is 278 g/mol. The Morgan fingerprint density at radius 2 is 2.25 bits per heavy atom. The van der Waals surface area contributed by atoms with Crippen molar-refractivity contribution in [2.75, 3.05) is 0 Å². The van der Waals surface area contributed by atoms with Gasteiger partial charge in [-0.15, -0.1) is 0 Å². The fraction of sp³-hybridized carbons (Fsp3) is 0.600. The zero-order valence-electron chi connectivity index (χ0n) is 7.80. The Hall–Kier alpha value is 0.0100. The summed E-state index contributed by atoms with van der Waals surface area (Å²) in [5.74, 6) is 2.40. The van der Waals surface area contributed by atoms with Crippen molar-refractivity contribution in [1.82, 2.24) is 0 Å². The highest BCUT2D eigenvalue weighted by molar-refractivity contribution is 14.1. The normalized spacial score (nSPS) is 23.6. The van der Waals surface area contributed by atoms with Gasteiger partial charge >= 0.3 is 0 Å². The smallest absolute Gasteiger partial charge is 0.192 e. The maximum Gasteiger partial charge on any atom is 0.192 e. The SMILES string of the molecule is CC1=CCC(C(C)C)C=C1OI. The monoisotopic (exact) mass is 278 g/mol. The number of hydrogen-bond donors (Lipinski definition) is 0. The molecule has 1 aliphatic rings. The van der Waals surface area contributed by atoms with Gasteiger partial charge in [-0.1, -0.05) is 19.9 Å². The second-order valence-corrected chi connectivity index (χ2v) is 4.08. The van der Waals surface area contributed by atoms with Gasteiger partial charge in [-0.05, 0) is 36.8 Å². The van der Waals surface area contributed by atoms with Crippen LogP contribution < -0.4 is 0 Å². The number of hydrogen-bond acceptors (Lipinski definition) is 1. The summed E-state index contributed by atoms with van der Waals surface area (Å²) >= 11 is 1.95. The van der Waals surface area contributed by atoms with Crippen molar-refractivity contribution in [3.63, 3.8) is 0 Å². The Bertz CT molecular complexity index is 216. The molecule has 0 bridgehead atoms. The molecule has 12 heavy (non-hydrogen) atoms. The van der Waals surface area contributed by atoms with Crippen LogP contribution in [0.25, 0.3) is 0 Å². The Labute approximate surface area is 88.6 Å². The molecule has 68 valence electrons. The lowest BCUT2D eigenvalue weighted by molar-refractivity contribution is 0.440. The van der Waals surface area contributed by atoms with Crippen molar-refractivity contribution in [2.45, 2.75) is 27.2 Å². The quantitative estimate of drug-likeness (QED) is 0.697. The van der Waals surface area contributed by atoms with Crippen LogP contribution >= 0.6 is 23.0 Å². The maximum atomic E-state index is 5.25. The lowest BCUT2D eigenvalue weighted by Gasteiger charge is -2.21. The molecule has 0 heterocycles. The summed E-state index contributed by atoms with van der Waals surface area (Å²) in [6, 6.07) is 0. The third-order valence-corrected chi connectivity index (χ3v) is 2.86. The molecule has 1 unspecified atom stereocenters. The minimum Gasteiger partial charge on any atom is -0.428 e. The first-order valence-corrected chi connectivity index (χ1v) is 5.20. The fourth-order valence-electron chi connectivity index (χ4n) is 1.36. The minimum atomic E-state index is 0.651. The van der Waals surface area contributed by atoms with Crippen LogP contribution in [0.4, 0.5) is 0 Å². The molecule has 0 spiro atoms. The first-order valence-electron chi connectivity index (χ1n) is 4.32. The van der Waals surface area contributed by atoms with Crippen molar-refractivity contribution in [2.24, 2.45) is 11.8 Å². The highest BCUT2D eigenvalue weighted by atomic mass is 127. The molecular weight excluding hydrogens is 263 g/mol. The van der Waals surface area contributed by atoms with Crippen LogP contribution in [0.2, 0.25) is 0 Å². The van der Waals surface area contributed by atoms with Crippen LogP contribution in [0.1, 0.15) is 27.2 Å². The number of rotatable bonds is 2. The van der Waals surface area contributed by atoms with Crippen molar-refractivity contribution >= 4 is 23.0 Å². The van der Waals surface area contributed by atoms with E-state index in [-0.39, 0.29) is 0 Å². The largest absolute Gasteiger partial charge is 0.428 e. The van der Waals surface area contributed by atoms with Crippen molar-refractivity contribution in [3.8, 4) is 0 Å². The number of halogens is 1. The molecule has 0 aliphatic heterocycles. The molecule has 0 aromatic carbocycles. The van der Waals surface area contributed by atoms with E-state index in [0.29, 0.717) is 11.8 Å². The van der Waals surface area contributed by atoms with Crippen LogP contribution in [0.3, 0.4) is 0 Å². The topological polar surface area (TPSA) is 9.23 Å². The molecule has 0 N–H and O–H groups in total. The molecule has 0 radical (unpaired) electrons. The summed E-state index contributed by atoms with van der Waals surface area (Å²) in [5.41, 5.74) is 1.27. The van der Waals surface area contributed by atoms with Crippen LogP contribution in [-0.4, -0.2) is 0 Å². The van der Waals surface area contributed by atoms with Gasteiger partial charge in [-0.2, -0.15) is 0 Å². The highest BCUT2D eigenvalue weighted by Gasteiger charge is 2.16. The average Bonchev–Trinajstić information content (AvgIpc) is 2.05. The molecule has 0 aromatic heterocycles. The van der Waals surface area contributed by atoms with Gasteiger partial charge < -0.3 is 3.07 Å². The highest BCUT2D eigenvalue weighted by Crippen LogP contribution is 2.29. The third kappa shape index (κ3) is 2.25. The predicted octanol–water partition coefficient (Wildman–Crippen LogP) is 3.86. The molecule has 1 aliphatic carbocycles. The van der Waals surface area contributed by atoms with Gasteiger partial charge in [-0.3, -0.25) is 0 Å². The van der Waals surface area contributed by atoms with Crippen molar-refractivity contribution < 1.29 is 3.07 Å². The summed E-state index contributed by atoms with van der Waals surface area (Å²) in [7, 11) is 0. The minimum absolute atomic E-state index is 0.651. The van der Waals surface area contributed by atoms with E-state index in [1.54, 1.807) is 0 Å². The van der Waals surface area contributed by atoms with E-state index in [1.807, 2.05) is 23.0 Å². The Kier molecular flexibility index (Phi) is 3.62. The first-order chi connectivity index (χ1) is 5.65. The molecule has 1 atom stereocenters. The molecule has 0 saturated carbocycles. The predicted molar refractivity (Wildman–Crippen MR) is 59.9 cm³/mol. The first kappa shape index (κ1) is 10.1. The van der Waals surface area contributed by atoms with E-state index < -0.39 is 0 Å². The van der Waals surface area contributed by atoms with E-state index in [1.165, 1.54) is 5.57 Å². The van der Waals surface area contributed by atoms with Gasteiger partial charge in [0.15, 0.2) is 23.0 Å². The lowest BCUT2D eigenvalue weighted by Crippen LogP contribution is -2.09. The summed E-state index contributed by atoms with van der Waals surface area (Å²) in [6.07, 6.45) is 5.66. The van der Waals surface area contributed by atoms with E-state index in [0.717, 1.165) is 12.2 Å². The van der Waals surface area contributed by atoms with Crippen LogP contribution in [-0.2, 0) is 3.07 Å². The Morgan fingerprint density at radius 1 is 1.58 bits per heavy atom. The third-order valence-electron chi connectivity index (χ3n) is 2.39. The van der Waals surface area contributed by atoms with Gasteiger partial charge in [0.05, 0.1) is 0 Å². The second-order valence-electron chi connectivity index (χ2n) is 3.64. The van der Waals surface area contributed by atoms with Crippen molar-refractivity contribution in [1.29, 1.82) is 0 Å².